The van der Waals surface area contributed by atoms with Crippen molar-refractivity contribution >= 4 is 49.4 Å². The van der Waals surface area contributed by atoms with Gasteiger partial charge in [0.1, 0.15) is 0 Å². The summed E-state index contributed by atoms with van der Waals surface area (Å²) < 4.78 is 0. The van der Waals surface area contributed by atoms with E-state index in [0.717, 1.165) is 17.1 Å². The minimum Gasteiger partial charge on any atom is -0.309 e. The van der Waals surface area contributed by atoms with Crippen molar-refractivity contribution in [1.82, 2.24) is 0 Å². The van der Waals surface area contributed by atoms with E-state index in [1.165, 1.54) is 76.8 Å². The Hall–Kier alpha value is -7.22. The molecule has 10 aromatic rings. The molecule has 0 saturated heterocycles. The van der Waals surface area contributed by atoms with Gasteiger partial charge in [-0.3, -0.25) is 0 Å². The Morgan fingerprint density at radius 2 is 0.709 bits per heavy atom. The molecule has 0 saturated carbocycles. The summed E-state index contributed by atoms with van der Waals surface area (Å²) in [5.74, 6) is 0. The molecule has 0 aliphatic rings. The number of nitrogens with zero attached hydrogens (tertiary/aromatic N) is 1. The number of fused-ring (bicyclic) bond motifs is 4. The maximum Gasteiger partial charge on any atom is 0.0546 e. The van der Waals surface area contributed by atoms with Crippen LogP contribution in [0.15, 0.2) is 224 Å². The lowest BCUT2D eigenvalue weighted by Crippen LogP contribution is -2.12. The van der Waals surface area contributed by atoms with Crippen LogP contribution >= 0.6 is 0 Å². The van der Waals surface area contributed by atoms with Crippen LogP contribution in [0.4, 0.5) is 17.1 Å². The Morgan fingerprint density at radius 1 is 0.236 bits per heavy atom. The highest BCUT2D eigenvalue weighted by Crippen LogP contribution is 2.46. The van der Waals surface area contributed by atoms with Crippen molar-refractivity contribution in [3.63, 3.8) is 0 Å². The van der Waals surface area contributed by atoms with Crippen LogP contribution in [0.1, 0.15) is 0 Å². The first kappa shape index (κ1) is 32.4. The number of anilines is 3. The normalized spacial score (nSPS) is 11.3. The van der Waals surface area contributed by atoms with Crippen molar-refractivity contribution in [1.29, 1.82) is 0 Å². The van der Waals surface area contributed by atoms with Crippen LogP contribution in [0.3, 0.4) is 0 Å². The highest BCUT2D eigenvalue weighted by molar-refractivity contribution is 6.15. The molecule has 0 spiro atoms. The maximum absolute atomic E-state index is 2.46. The summed E-state index contributed by atoms with van der Waals surface area (Å²) in [6.45, 7) is 0. The van der Waals surface area contributed by atoms with Crippen molar-refractivity contribution < 1.29 is 0 Å². The monoisotopic (exact) mass is 699 g/mol. The number of rotatable bonds is 7. The van der Waals surface area contributed by atoms with Gasteiger partial charge in [-0.25, -0.2) is 0 Å². The Labute approximate surface area is 322 Å². The van der Waals surface area contributed by atoms with E-state index in [-0.39, 0.29) is 0 Å². The molecule has 0 atom stereocenters. The molecular formula is C54H37N. The third kappa shape index (κ3) is 6.02. The SMILES string of the molecule is c1ccc(-c2ccc(-c3ccc(N(c4ccccc4-c4cccc(-c5cccc6ccccc56)c4)c4cc5ccccc5c5ccccc45)cc3)cc2)cc1. The number of hydrogen-bond acceptors (Lipinski definition) is 1. The first-order chi connectivity index (χ1) is 27.3. The molecule has 10 aromatic carbocycles. The summed E-state index contributed by atoms with van der Waals surface area (Å²) in [6, 6.07) is 81.5. The average Bonchev–Trinajstić information content (AvgIpc) is 3.27. The quantitative estimate of drug-likeness (QED) is 0.150. The van der Waals surface area contributed by atoms with E-state index in [1.54, 1.807) is 0 Å². The van der Waals surface area contributed by atoms with Crippen LogP contribution in [0.5, 0.6) is 0 Å². The van der Waals surface area contributed by atoms with Gasteiger partial charge in [0.05, 0.1) is 11.4 Å². The highest BCUT2D eigenvalue weighted by atomic mass is 15.1. The molecule has 0 fully saturated rings. The zero-order chi connectivity index (χ0) is 36.6. The van der Waals surface area contributed by atoms with E-state index >= 15 is 0 Å². The molecule has 1 heteroatoms. The summed E-state index contributed by atoms with van der Waals surface area (Å²) in [4.78, 5) is 2.46. The number of benzene rings is 10. The fourth-order valence-corrected chi connectivity index (χ4v) is 8.16. The molecule has 0 heterocycles. The molecule has 0 aliphatic heterocycles. The van der Waals surface area contributed by atoms with Gasteiger partial charge in [0.15, 0.2) is 0 Å². The standard InChI is InChI=1S/C54H37N/c1-2-14-38(15-3-1)39-28-30-40(31-29-39)41-32-34-46(35-33-41)55(54-37-45-17-5-7-22-49(45)51-24-8-9-25-52(51)54)53-27-11-10-23-50(53)44-20-12-19-43(36-44)48-26-13-18-42-16-4-6-21-47(42)48/h1-37H. The molecule has 0 radical (unpaired) electrons. The molecule has 10 rings (SSSR count). The molecule has 0 aromatic heterocycles. The second-order valence-corrected chi connectivity index (χ2v) is 14.1. The minimum absolute atomic E-state index is 1.10. The summed E-state index contributed by atoms with van der Waals surface area (Å²) >= 11 is 0. The van der Waals surface area contributed by atoms with Crippen molar-refractivity contribution in [2.45, 2.75) is 0 Å². The lowest BCUT2D eigenvalue weighted by Gasteiger charge is -2.30. The number of para-hydroxylation sites is 1. The van der Waals surface area contributed by atoms with Gasteiger partial charge >= 0.3 is 0 Å². The molecular weight excluding hydrogens is 663 g/mol. The van der Waals surface area contributed by atoms with Gasteiger partial charge in [0.25, 0.3) is 0 Å². The minimum atomic E-state index is 1.10. The lowest BCUT2D eigenvalue weighted by molar-refractivity contribution is 1.30. The zero-order valence-corrected chi connectivity index (χ0v) is 30.3. The summed E-state index contributed by atoms with van der Waals surface area (Å²) in [7, 11) is 0. The lowest BCUT2D eigenvalue weighted by atomic mass is 9.94. The van der Waals surface area contributed by atoms with E-state index in [9.17, 15) is 0 Å². The second kappa shape index (κ2) is 14.0. The predicted octanol–water partition coefficient (Wildman–Crippen LogP) is 15.3. The van der Waals surface area contributed by atoms with Gasteiger partial charge in [-0.15, -0.1) is 0 Å². The molecule has 55 heavy (non-hydrogen) atoms. The number of hydrogen-bond donors (Lipinski definition) is 0. The molecule has 0 bridgehead atoms. The van der Waals surface area contributed by atoms with E-state index in [4.69, 9.17) is 0 Å². The maximum atomic E-state index is 2.46. The van der Waals surface area contributed by atoms with Crippen molar-refractivity contribution in [2.75, 3.05) is 4.90 Å². The van der Waals surface area contributed by atoms with Crippen LogP contribution in [0.2, 0.25) is 0 Å². The average molecular weight is 700 g/mol. The largest absolute Gasteiger partial charge is 0.309 e. The Balaban J connectivity index is 1.13. The first-order valence-corrected chi connectivity index (χ1v) is 18.9. The predicted molar refractivity (Wildman–Crippen MR) is 235 cm³/mol. The van der Waals surface area contributed by atoms with Crippen molar-refractivity contribution in [3.8, 4) is 44.5 Å². The van der Waals surface area contributed by atoms with Crippen LogP contribution in [0, 0.1) is 0 Å². The van der Waals surface area contributed by atoms with Crippen LogP contribution in [-0.4, -0.2) is 0 Å². The third-order valence-electron chi connectivity index (χ3n) is 10.9. The molecule has 0 amide bonds. The summed E-state index contributed by atoms with van der Waals surface area (Å²) in [6.07, 6.45) is 0. The van der Waals surface area contributed by atoms with Crippen molar-refractivity contribution in [2.24, 2.45) is 0 Å². The van der Waals surface area contributed by atoms with E-state index in [2.05, 4.69) is 229 Å². The van der Waals surface area contributed by atoms with Gasteiger partial charge in [-0.1, -0.05) is 194 Å². The molecule has 0 N–H and O–H groups in total. The molecule has 258 valence electrons. The Morgan fingerprint density at radius 3 is 1.45 bits per heavy atom. The molecule has 1 nitrogen and oxygen atoms in total. The Bertz CT molecular complexity index is 2950. The van der Waals surface area contributed by atoms with Crippen LogP contribution < -0.4 is 4.90 Å². The van der Waals surface area contributed by atoms with Gasteiger partial charge in [0.2, 0.25) is 0 Å². The van der Waals surface area contributed by atoms with Gasteiger partial charge < -0.3 is 4.90 Å². The summed E-state index contributed by atoms with van der Waals surface area (Å²) in [5, 5.41) is 7.43. The van der Waals surface area contributed by atoms with Gasteiger partial charge in [0, 0.05) is 16.6 Å². The van der Waals surface area contributed by atoms with Gasteiger partial charge in [-0.2, -0.15) is 0 Å². The van der Waals surface area contributed by atoms with Crippen molar-refractivity contribution in [3.05, 3.63) is 224 Å². The van der Waals surface area contributed by atoms with Crippen LogP contribution in [0.25, 0.3) is 76.8 Å². The fourth-order valence-electron chi connectivity index (χ4n) is 8.16. The third-order valence-corrected chi connectivity index (χ3v) is 10.9. The molecule has 0 unspecified atom stereocenters. The zero-order valence-electron chi connectivity index (χ0n) is 30.3. The highest BCUT2D eigenvalue weighted by Gasteiger charge is 2.21. The van der Waals surface area contributed by atoms with Gasteiger partial charge in [-0.05, 0) is 96.2 Å². The van der Waals surface area contributed by atoms with Crippen LogP contribution in [-0.2, 0) is 0 Å². The fraction of sp³-hybridized carbons (Fsp3) is 0. The topological polar surface area (TPSA) is 3.24 Å². The van der Waals surface area contributed by atoms with E-state index in [1.807, 2.05) is 0 Å². The first-order valence-electron chi connectivity index (χ1n) is 18.9. The van der Waals surface area contributed by atoms with E-state index in [0.29, 0.717) is 0 Å². The Kier molecular flexibility index (Phi) is 8.24. The molecule has 0 aliphatic carbocycles. The summed E-state index contributed by atoms with van der Waals surface area (Å²) in [5.41, 5.74) is 13.0. The second-order valence-electron chi connectivity index (χ2n) is 14.1. The smallest absolute Gasteiger partial charge is 0.0546 e. The van der Waals surface area contributed by atoms with E-state index < -0.39 is 0 Å².